The molecule has 20 heavy (non-hydrogen) atoms. The molecule has 3 N–H and O–H groups in total. The quantitative estimate of drug-likeness (QED) is 0.428. The molecule has 0 aliphatic rings. The van der Waals surface area contributed by atoms with Crippen molar-refractivity contribution in [1.82, 2.24) is 29.7 Å². The van der Waals surface area contributed by atoms with E-state index in [9.17, 15) is 0 Å². The second-order valence-electron chi connectivity index (χ2n) is 4.61. The summed E-state index contributed by atoms with van der Waals surface area (Å²) in [7, 11) is 0. The molecule has 0 atom stereocenters. The Balaban J connectivity index is 2.06. The van der Waals surface area contributed by atoms with E-state index in [4.69, 9.17) is 10.6 Å². The highest BCUT2D eigenvalue weighted by molar-refractivity contribution is 5.27. The Hall–Kier alpha value is -2.29. The van der Waals surface area contributed by atoms with E-state index in [0.717, 1.165) is 12.8 Å². The Morgan fingerprint density at radius 1 is 1.35 bits per heavy atom. The average Bonchev–Trinajstić information content (AvgIpc) is 2.97. The molecule has 0 radical (unpaired) electrons. The third kappa shape index (κ3) is 3.85. The third-order valence-electron chi connectivity index (χ3n) is 2.51. The summed E-state index contributed by atoms with van der Waals surface area (Å²) in [5, 5.41) is 3.95. The third-order valence-corrected chi connectivity index (χ3v) is 2.51. The lowest BCUT2D eigenvalue weighted by Crippen LogP contribution is -2.15. The zero-order chi connectivity index (χ0) is 14.4. The number of ether oxygens (including phenoxy) is 1. The van der Waals surface area contributed by atoms with Gasteiger partial charge in [-0.1, -0.05) is 13.8 Å². The minimum atomic E-state index is 0.210. The lowest BCUT2D eigenvalue weighted by molar-refractivity contribution is 0.275. The molecule has 2 heterocycles. The van der Waals surface area contributed by atoms with Gasteiger partial charge in [-0.15, -0.1) is 0 Å². The van der Waals surface area contributed by atoms with Crippen LogP contribution in [0.25, 0.3) is 5.95 Å². The molecule has 9 heteroatoms. The van der Waals surface area contributed by atoms with Gasteiger partial charge in [0.25, 0.3) is 5.95 Å². The summed E-state index contributed by atoms with van der Waals surface area (Å²) in [5.41, 5.74) is 2.37. The second kappa shape index (κ2) is 6.75. The number of nitrogens with two attached hydrogens (primary N) is 1. The molecule has 0 unspecified atom stereocenters. The van der Waals surface area contributed by atoms with Gasteiger partial charge in [0.1, 0.15) is 12.7 Å². The first-order valence-corrected chi connectivity index (χ1v) is 6.39. The molecule has 0 saturated heterocycles. The summed E-state index contributed by atoms with van der Waals surface area (Å²) in [5.74, 6) is 6.48. The van der Waals surface area contributed by atoms with Crippen LogP contribution >= 0.6 is 0 Å². The Morgan fingerprint density at radius 2 is 2.20 bits per heavy atom. The molecule has 0 saturated carbocycles. The zero-order valence-corrected chi connectivity index (χ0v) is 11.5. The molecular weight excluding hydrogens is 260 g/mol. The van der Waals surface area contributed by atoms with Crippen LogP contribution in [0, 0.1) is 5.92 Å². The van der Waals surface area contributed by atoms with Gasteiger partial charge in [0.05, 0.1) is 6.61 Å². The van der Waals surface area contributed by atoms with Crippen molar-refractivity contribution in [2.75, 3.05) is 12.0 Å². The predicted molar refractivity (Wildman–Crippen MR) is 72.1 cm³/mol. The van der Waals surface area contributed by atoms with E-state index in [1.54, 1.807) is 0 Å². The number of hydrazine groups is 1. The number of anilines is 1. The highest BCUT2D eigenvalue weighted by Gasteiger charge is 2.09. The van der Waals surface area contributed by atoms with E-state index in [1.807, 2.05) is 0 Å². The van der Waals surface area contributed by atoms with Gasteiger partial charge in [-0.3, -0.25) is 5.43 Å². The normalized spacial score (nSPS) is 10.8. The van der Waals surface area contributed by atoms with E-state index < -0.39 is 0 Å². The van der Waals surface area contributed by atoms with Crippen molar-refractivity contribution >= 4 is 5.95 Å². The molecule has 0 amide bonds. The maximum Gasteiger partial charge on any atom is 0.323 e. The zero-order valence-electron chi connectivity index (χ0n) is 11.5. The fourth-order valence-electron chi connectivity index (χ4n) is 1.54. The largest absolute Gasteiger partial charge is 0.463 e. The van der Waals surface area contributed by atoms with Gasteiger partial charge in [-0.05, 0) is 18.8 Å². The van der Waals surface area contributed by atoms with Gasteiger partial charge in [0, 0.05) is 0 Å². The van der Waals surface area contributed by atoms with Crippen LogP contribution in [-0.4, -0.2) is 36.3 Å². The van der Waals surface area contributed by atoms with Gasteiger partial charge in [-0.25, -0.2) is 10.8 Å². The van der Waals surface area contributed by atoms with Gasteiger partial charge < -0.3 is 4.74 Å². The Kier molecular flexibility index (Phi) is 4.77. The van der Waals surface area contributed by atoms with Crippen LogP contribution in [-0.2, 0) is 0 Å². The first-order chi connectivity index (χ1) is 9.69. The number of rotatable bonds is 7. The summed E-state index contributed by atoms with van der Waals surface area (Å²) in [4.78, 5) is 16.1. The summed E-state index contributed by atoms with van der Waals surface area (Å²) >= 11 is 0. The summed E-state index contributed by atoms with van der Waals surface area (Å²) in [6.45, 7) is 4.88. The number of nitrogens with zero attached hydrogens (tertiary/aromatic N) is 6. The molecule has 0 aromatic carbocycles. The van der Waals surface area contributed by atoms with Crippen molar-refractivity contribution in [2.45, 2.75) is 26.7 Å². The molecule has 0 fully saturated rings. The van der Waals surface area contributed by atoms with Crippen LogP contribution in [0.3, 0.4) is 0 Å². The standard InChI is InChI=1S/C11H18N8O/c1-8(2)4-3-5-20-11-16-9(18-12)15-10(17-11)19-7-13-6-14-19/h6-8H,3-5,12H2,1-2H3,(H,15,16,17,18). The van der Waals surface area contributed by atoms with E-state index in [1.165, 1.54) is 17.3 Å². The second-order valence-corrected chi connectivity index (χ2v) is 4.61. The van der Waals surface area contributed by atoms with Crippen molar-refractivity contribution in [2.24, 2.45) is 11.8 Å². The highest BCUT2D eigenvalue weighted by Crippen LogP contribution is 2.10. The average molecular weight is 278 g/mol. The number of hydrogen-bond acceptors (Lipinski definition) is 8. The van der Waals surface area contributed by atoms with Crippen LogP contribution < -0.4 is 16.0 Å². The van der Waals surface area contributed by atoms with E-state index in [2.05, 4.69) is 44.3 Å². The molecule has 2 aromatic rings. The fourth-order valence-corrected chi connectivity index (χ4v) is 1.54. The minimum Gasteiger partial charge on any atom is -0.463 e. The summed E-state index contributed by atoms with van der Waals surface area (Å²) < 4.78 is 6.92. The molecule has 108 valence electrons. The first kappa shape index (κ1) is 14.1. The van der Waals surface area contributed by atoms with Crippen LogP contribution in [0.2, 0.25) is 0 Å². The topological polar surface area (TPSA) is 117 Å². The van der Waals surface area contributed by atoms with Gasteiger partial charge in [0.2, 0.25) is 5.95 Å². The molecular formula is C11H18N8O. The molecule has 2 rings (SSSR count). The van der Waals surface area contributed by atoms with Crippen LogP contribution in [0.1, 0.15) is 26.7 Å². The molecule has 2 aromatic heterocycles. The minimum absolute atomic E-state index is 0.210. The van der Waals surface area contributed by atoms with Crippen molar-refractivity contribution in [3.63, 3.8) is 0 Å². The number of nitrogens with one attached hydrogen (secondary N) is 1. The maximum atomic E-state index is 5.52. The summed E-state index contributed by atoms with van der Waals surface area (Å²) in [6, 6.07) is 0.210. The fraction of sp³-hybridized carbons (Fsp3) is 0.545. The predicted octanol–water partition coefficient (Wildman–Crippen LogP) is 0.553. The van der Waals surface area contributed by atoms with Crippen molar-refractivity contribution in [3.05, 3.63) is 12.7 Å². The van der Waals surface area contributed by atoms with Gasteiger partial charge in [-0.2, -0.15) is 24.7 Å². The number of aromatic nitrogens is 6. The van der Waals surface area contributed by atoms with Crippen molar-refractivity contribution in [1.29, 1.82) is 0 Å². The van der Waals surface area contributed by atoms with Crippen LogP contribution in [0.15, 0.2) is 12.7 Å². The lowest BCUT2D eigenvalue weighted by Gasteiger charge is -2.08. The summed E-state index contributed by atoms with van der Waals surface area (Å²) in [6.07, 6.45) is 4.90. The maximum absolute atomic E-state index is 5.52. The van der Waals surface area contributed by atoms with Crippen LogP contribution in [0.4, 0.5) is 5.95 Å². The SMILES string of the molecule is CC(C)CCCOc1nc(NN)nc(-n2cncn2)n1. The first-order valence-electron chi connectivity index (χ1n) is 6.39. The lowest BCUT2D eigenvalue weighted by atomic mass is 10.1. The van der Waals surface area contributed by atoms with Crippen molar-refractivity contribution in [3.8, 4) is 12.0 Å². The monoisotopic (exact) mass is 278 g/mol. The Morgan fingerprint density at radius 3 is 2.85 bits per heavy atom. The molecule has 0 aliphatic carbocycles. The molecule has 0 bridgehead atoms. The van der Waals surface area contributed by atoms with Gasteiger partial charge in [0.15, 0.2) is 0 Å². The smallest absolute Gasteiger partial charge is 0.323 e. The van der Waals surface area contributed by atoms with E-state index >= 15 is 0 Å². The Labute approximate surface area is 116 Å². The number of nitrogen functional groups attached to an aromatic ring is 1. The van der Waals surface area contributed by atoms with Crippen molar-refractivity contribution < 1.29 is 4.74 Å². The highest BCUT2D eigenvalue weighted by atomic mass is 16.5. The number of hydrogen-bond donors (Lipinski definition) is 2. The molecule has 9 nitrogen and oxygen atoms in total. The molecule has 0 spiro atoms. The van der Waals surface area contributed by atoms with E-state index in [-0.39, 0.29) is 12.0 Å². The van der Waals surface area contributed by atoms with Crippen LogP contribution in [0.5, 0.6) is 6.01 Å². The van der Waals surface area contributed by atoms with Gasteiger partial charge >= 0.3 is 6.01 Å². The Bertz CT molecular complexity index is 527. The van der Waals surface area contributed by atoms with E-state index in [0.29, 0.717) is 18.5 Å². The molecule has 0 aliphatic heterocycles.